The second-order valence-electron chi connectivity index (χ2n) is 3.52. The van der Waals surface area contributed by atoms with Gasteiger partial charge in [0.05, 0.1) is 6.10 Å². The monoisotopic (exact) mass is 176 g/mol. The van der Waals surface area contributed by atoms with Gasteiger partial charge in [0.2, 0.25) is 0 Å². The molecule has 0 unspecified atom stereocenters. The Hall–Kier alpha value is -1.08. The molecule has 0 heterocycles. The molecule has 0 aliphatic heterocycles. The normalized spacial score (nSPS) is 12.6. The van der Waals surface area contributed by atoms with Gasteiger partial charge in [-0.05, 0) is 37.5 Å². The van der Waals surface area contributed by atoms with Gasteiger partial charge in [-0.25, -0.2) is 0 Å². The molecule has 0 saturated heterocycles. The Labute approximate surface area is 79.7 Å². The molecule has 1 aromatic carbocycles. The van der Waals surface area contributed by atoms with Crippen LogP contribution >= 0.6 is 0 Å². The number of rotatable bonds is 2. The van der Waals surface area contributed by atoms with Gasteiger partial charge >= 0.3 is 0 Å². The average Bonchev–Trinajstić information content (AvgIpc) is 2.03. The lowest BCUT2D eigenvalue weighted by Gasteiger charge is -2.12. The van der Waals surface area contributed by atoms with E-state index < -0.39 is 6.10 Å². The maximum Gasteiger partial charge on any atom is 0.0762 e. The Kier molecular flexibility index (Phi) is 2.89. The van der Waals surface area contributed by atoms with Crippen LogP contribution in [0.5, 0.6) is 0 Å². The van der Waals surface area contributed by atoms with Crippen LogP contribution in [0.4, 0.5) is 0 Å². The van der Waals surface area contributed by atoms with Crippen molar-refractivity contribution in [3.63, 3.8) is 0 Å². The van der Waals surface area contributed by atoms with Gasteiger partial charge in [0.15, 0.2) is 0 Å². The van der Waals surface area contributed by atoms with Crippen LogP contribution < -0.4 is 0 Å². The highest BCUT2D eigenvalue weighted by Crippen LogP contribution is 2.21. The third kappa shape index (κ3) is 2.19. The molecule has 0 saturated carbocycles. The zero-order valence-corrected chi connectivity index (χ0v) is 8.46. The van der Waals surface area contributed by atoms with Gasteiger partial charge in [-0.15, -0.1) is 0 Å². The summed E-state index contributed by atoms with van der Waals surface area (Å²) in [7, 11) is 0. The van der Waals surface area contributed by atoms with Crippen molar-refractivity contribution in [2.75, 3.05) is 0 Å². The summed E-state index contributed by atoms with van der Waals surface area (Å²) in [6.07, 6.45) is -0.471. The van der Waals surface area contributed by atoms with Crippen LogP contribution in [0.15, 0.2) is 24.8 Å². The van der Waals surface area contributed by atoms with E-state index in [1.165, 1.54) is 11.1 Å². The van der Waals surface area contributed by atoms with Crippen molar-refractivity contribution in [3.8, 4) is 0 Å². The Morgan fingerprint density at radius 1 is 1.38 bits per heavy atom. The molecule has 0 bridgehead atoms. The fourth-order valence-electron chi connectivity index (χ4n) is 1.40. The topological polar surface area (TPSA) is 20.2 Å². The van der Waals surface area contributed by atoms with Crippen molar-refractivity contribution in [1.82, 2.24) is 0 Å². The highest BCUT2D eigenvalue weighted by atomic mass is 16.3. The van der Waals surface area contributed by atoms with Crippen LogP contribution in [0.25, 0.3) is 5.57 Å². The van der Waals surface area contributed by atoms with Crippen molar-refractivity contribution < 1.29 is 5.11 Å². The summed E-state index contributed by atoms with van der Waals surface area (Å²) in [6, 6.07) is 6.15. The Bertz CT molecular complexity index is 324. The minimum absolute atomic E-state index is 0.471. The van der Waals surface area contributed by atoms with Gasteiger partial charge in [0, 0.05) is 0 Å². The summed E-state index contributed by atoms with van der Waals surface area (Å²) in [5, 5.41) is 9.37. The van der Waals surface area contributed by atoms with Gasteiger partial charge in [0.1, 0.15) is 0 Å². The van der Waals surface area contributed by atoms with Gasteiger partial charge in [-0.3, -0.25) is 0 Å². The second kappa shape index (κ2) is 3.75. The third-order valence-electron chi connectivity index (χ3n) is 2.23. The number of aryl methyl sites for hydroxylation is 2. The fourth-order valence-corrected chi connectivity index (χ4v) is 1.40. The first kappa shape index (κ1) is 10.0. The number of benzene rings is 1. The number of aliphatic hydroxyl groups excluding tert-OH is 1. The summed E-state index contributed by atoms with van der Waals surface area (Å²) in [6.45, 7) is 9.70. The van der Waals surface area contributed by atoms with Crippen LogP contribution in [0.1, 0.15) is 23.6 Å². The first-order chi connectivity index (χ1) is 6.02. The van der Waals surface area contributed by atoms with E-state index in [4.69, 9.17) is 0 Å². The van der Waals surface area contributed by atoms with Gasteiger partial charge < -0.3 is 5.11 Å². The van der Waals surface area contributed by atoms with E-state index in [1.54, 1.807) is 6.92 Å². The molecule has 0 aliphatic rings. The Balaban J connectivity index is 3.09. The molecule has 0 fully saturated rings. The third-order valence-corrected chi connectivity index (χ3v) is 2.23. The van der Waals surface area contributed by atoms with E-state index in [0.717, 1.165) is 11.1 Å². The van der Waals surface area contributed by atoms with Crippen LogP contribution in [-0.4, -0.2) is 11.2 Å². The molecule has 0 spiro atoms. The number of hydrogen-bond acceptors (Lipinski definition) is 1. The average molecular weight is 176 g/mol. The Morgan fingerprint density at radius 2 is 2.00 bits per heavy atom. The second-order valence-corrected chi connectivity index (χ2v) is 3.52. The number of hydrogen-bond donors (Lipinski definition) is 1. The van der Waals surface area contributed by atoms with Gasteiger partial charge in [-0.1, -0.05) is 30.3 Å². The maximum atomic E-state index is 9.37. The quantitative estimate of drug-likeness (QED) is 0.734. The predicted molar refractivity (Wildman–Crippen MR) is 56.6 cm³/mol. The Morgan fingerprint density at radius 3 is 2.46 bits per heavy atom. The van der Waals surface area contributed by atoms with Crippen LogP contribution in [0.2, 0.25) is 0 Å². The van der Waals surface area contributed by atoms with Gasteiger partial charge in [0.25, 0.3) is 0 Å². The lowest BCUT2D eigenvalue weighted by atomic mass is 9.97. The van der Waals surface area contributed by atoms with Crippen molar-refractivity contribution in [3.05, 3.63) is 41.5 Å². The molecule has 1 rings (SSSR count). The van der Waals surface area contributed by atoms with E-state index in [1.807, 2.05) is 19.1 Å². The number of aliphatic hydroxyl groups is 1. The molecular weight excluding hydrogens is 160 g/mol. The molecule has 1 heteroatoms. The van der Waals surface area contributed by atoms with Crippen LogP contribution in [0, 0.1) is 13.8 Å². The maximum absolute atomic E-state index is 9.37. The molecule has 1 nitrogen and oxygen atoms in total. The van der Waals surface area contributed by atoms with E-state index in [-0.39, 0.29) is 0 Å². The van der Waals surface area contributed by atoms with E-state index >= 15 is 0 Å². The van der Waals surface area contributed by atoms with Gasteiger partial charge in [-0.2, -0.15) is 0 Å². The highest BCUT2D eigenvalue weighted by molar-refractivity contribution is 5.68. The largest absolute Gasteiger partial charge is 0.389 e. The summed E-state index contributed by atoms with van der Waals surface area (Å²) in [5.41, 5.74) is 4.25. The summed E-state index contributed by atoms with van der Waals surface area (Å²) in [5.74, 6) is 0. The molecule has 0 radical (unpaired) electrons. The minimum atomic E-state index is -0.471. The SMILES string of the molecule is C=C(c1ccc(C)cc1C)[C@@H](C)O. The predicted octanol–water partition coefficient (Wildman–Crippen LogP) is 2.70. The van der Waals surface area contributed by atoms with Crippen LogP contribution in [-0.2, 0) is 0 Å². The standard InChI is InChI=1S/C12H16O/c1-8-5-6-12(9(2)7-8)10(3)11(4)13/h5-7,11,13H,3H2,1-2,4H3/t11-/m1/s1. The lowest BCUT2D eigenvalue weighted by Crippen LogP contribution is -2.03. The van der Waals surface area contributed by atoms with E-state index in [0.29, 0.717) is 0 Å². The van der Waals surface area contributed by atoms with Crippen molar-refractivity contribution in [2.45, 2.75) is 26.9 Å². The van der Waals surface area contributed by atoms with E-state index in [2.05, 4.69) is 19.6 Å². The first-order valence-electron chi connectivity index (χ1n) is 4.47. The molecule has 1 aromatic rings. The molecule has 70 valence electrons. The first-order valence-corrected chi connectivity index (χ1v) is 4.47. The minimum Gasteiger partial charge on any atom is -0.389 e. The molecule has 0 aromatic heterocycles. The van der Waals surface area contributed by atoms with E-state index in [9.17, 15) is 5.11 Å². The van der Waals surface area contributed by atoms with Crippen molar-refractivity contribution >= 4 is 5.57 Å². The molecule has 13 heavy (non-hydrogen) atoms. The molecule has 0 amide bonds. The van der Waals surface area contributed by atoms with Crippen molar-refractivity contribution in [1.29, 1.82) is 0 Å². The highest BCUT2D eigenvalue weighted by Gasteiger charge is 2.07. The molecule has 1 atom stereocenters. The fraction of sp³-hybridized carbons (Fsp3) is 0.333. The summed E-state index contributed by atoms with van der Waals surface area (Å²) < 4.78 is 0. The smallest absolute Gasteiger partial charge is 0.0762 e. The summed E-state index contributed by atoms with van der Waals surface area (Å²) >= 11 is 0. The lowest BCUT2D eigenvalue weighted by molar-refractivity contribution is 0.253. The molecule has 0 aliphatic carbocycles. The van der Waals surface area contributed by atoms with Crippen LogP contribution in [0.3, 0.4) is 0 Å². The zero-order chi connectivity index (χ0) is 10.0. The zero-order valence-electron chi connectivity index (χ0n) is 8.46. The molecular formula is C12H16O. The van der Waals surface area contributed by atoms with Crippen molar-refractivity contribution in [2.24, 2.45) is 0 Å². The summed E-state index contributed by atoms with van der Waals surface area (Å²) in [4.78, 5) is 0. The molecule has 1 N–H and O–H groups in total.